The van der Waals surface area contributed by atoms with E-state index in [1.54, 1.807) is 24.3 Å². The van der Waals surface area contributed by atoms with Crippen molar-refractivity contribution in [2.24, 2.45) is 0 Å². The van der Waals surface area contributed by atoms with Crippen LogP contribution in [0.25, 0.3) is 5.69 Å². The number of rotatable bonds is 4. The third kappa shape index (κ3) is 5.22. The minimum absolute atomic E-state index is 0.105. The van der Waals surface area contributed by atoms with Crippen LogP contribution >= 0.6 is 23.2 Å². The molecule has 14 heteroatoms. The largest absolute Gasteiger partial charge is 0.418 e. The third-order valence-corrected chi connectivity index (χ3v) is 5.75. The number of sulfone groups is 1. The van der Waals surface area contributed by atoms with E-state index in [1.165, 1.54) is 12.1 Å². The second-order valence-electron chi connectivity index (χ2n) is 6.44. The molecule has 0 bridgehead atoms. The molecule has 0 aliphatic heterocycles. The number of nitrogens with one attached hydrogen (secondary N) is 1. The zero-order valence-corrected chi connectivity index (χ0v) is 18.6. The molecular weight excluding hydrogens is 508 g/mol. The molecule has 0 spiro atoms. The molecular formula is C19H11Cl2F3N4O4S. The second kappa shape index (κ2) is 8.93. The molecule has 0 radical (unpaired) electrons. The molecule has 172 valence electrons. The Morgan fingerprint density at radius 3 is 2.24 bits per heavy atom. The van der Waals surface area contributed by atoms with Crippen LogP contribution in [0.3, 0.4) is 0 Å². The van der Waals surface area contributed by atoms with Crippen molar-refractivity contribution in [3.05, 3.63) is 63.8 Å². The number of anilines is 1. The van der Waals surface area contributed by atoms with Crippen molar-refractivity contribution in [1.29, 1.82) is 5.26 Å². The van der Waals surface area contributed by atoms with E-state index in [0.29, 0.717) is 16.8 Å². The van der Waals surface area contributed by atoms with Crippen molar-refractivity contribution in [1.82, 2.24) is 9.78 Å². The van der Waals surface area contributed by atoms with Gasteiger partial charge in [0.25, 0.3) is 0 Å². The highest BCUT2D eigenvalue weighted by molar-refractivity contribution is 7.91. The maximum atomic E-state index is 13.1. The number of ether oxygens (including phenoxy) is 1. The van der Waals surface area contributed by atoms with E-state index in [1.807, 2.05) is 0 Å². The first-order chi connectivity index (χ1) is 15.3. The van der Waals surface area contributed by atoms with Gasteiger partial charge in [0.05, 0.1) is 15.6 Å². The van der Waals surface area contributed by atoms with E-state index >= 15 is 0 Å². The Balaban J connectivity index is 2.20. The summed E-state index contributed by atoms with van der Waals surface area (Å²) in [6.07, 6.45) is -5.19. The Morgan fingerprint density at radius 2 is 1.76 bits per heavy atom. The standard InChI is InChI=1S/C19H11Cl2F3N4O4S/c1-33(30,31)16-14(9-25)27-28(15-12(20)7-10(8-13(15)21)19(22,23)24)17(16)26-18(29)32-11-5-3-2-4-6-11/h2-8H,1H3,(H,26,29). The number of nitriles is 1. The third-order valence-electron chi connectivity index (χ3n) is 4.05. The normalized spacial score (nSPS) is 11.7. The minimum atomic E-state index is -4.77. The number of para-hydroxylation sites is 1. The van der Waals surface area contributed by atoms with Crippen LogP contribution in [-0.4, -0.2) is 30.5 Å². The predicted octanol–water partition coefficient (Wildman–Crippen LogP) is 5.08. The summed E-state index contributed by atoms with van der Waals surface area (Å²) in [6, 6.07) is 10.3. The highest BCUT2D eigenvalue weighted by Crippen LogP contribution is 2.39. The van der Waals surface area contributed by atoms with Gasteiger partial charge in [0, 0.05) is 6.26 Å². The van der Waals surface area contributed by atoms with Crippen LogP contribution in [0.5, 0.6) is 5.75 Å². The summed E-state index contributed by atoms with van der Waals surface area (Å²) in [4.78, 5) is 11.7. The smallest absolute Gasteiger partial charge is 0.410 e. The molecule has 3 rings (SSSR count). The Kier molecular flexibility index (Phi) is 6.60. The molecule has 1 amide bonds. The highest BCUT2D eigenvalue weighted by atomic mass is 35.5. The summed E-state index contributed by atoms with van der Waals surface area (Å²) < 4.78 is 69.7. The van der Waals surface area contributed by atoms with Gasteiger partial charge in [0.1, 0.15) is 22.4 Å². The molecule has 0 unspecified atom stereocenters. The van der Waals surface area contributed by atoms with Gasteiger partial charge in [-0.2, -0.15) is 23.5 Å². The van der Waals surface area contributed by atoms with Crippen LogP contribution < -0.4 is 10.1 Å². The molecule has 33 heavy (non-hydrogen) atoms. The van der Waals surface area contributed by atoms with Gasteiger partial charge in [-0.3, -0.25) is 5.32 Å². The molecule has 0 fully saturated rings. The number of aromatic nitrogens is 2. The maximum absolute atomic E-state index is 13.1. The predicted molar refractivity (Wildman–Crippen MR) is 112 cm³/mol. The van der Waals surface area contributed by atoms with Crippen molar-refractivity contribution in [2.45, 2.75) is 11.1 Å². The van der Waals surface area contributed by atoms with Gasteiger partial charge in [-0.15, -0.1) is 0 Å². The topological polar surface area (TPSA) is 114 Å². The van der Waals surface area contributed by atoms with E-state index in [-0.39, 0.29) is 5.75 Å². The fourth-order valence-corrected chi connectivity index (χ4v) is 4.32. The first-order valence-corrected chi connectivity index (χ1v) is 11.3. The van der Waals surface area contributed by atoms with Crippen molar-refractivity contribution in [2.75, 3.05) is 11.6 Å². The monoisotopic (exact) mass is 518 g/mol. The lowest BCUT2D eigenvalue weighted by atomic mass is 10.2. The molecule has 0 saturated carbocycles. The quantitative estimate of drug-likeness (QED) is 0.514. The molecule has 0 aliphatic rings. The summed E-state index contributed by atoms with van der Waals surface area (Å²) in [5, 5.41) is 14.2. The number of benzene rings is 2. The molecule has 3 aromatic rings. The minimum Gasteiger partial charge on any atom is -0.410 e. The Morgan fingerprint density at radius 1 is 1.18 bits per heavy atom. The number of nitrogens with zero attached hydrogens (tertiary/aromatic N) is 3. The molecule has 0 aliphatic carbocycles. The molecule has 0 atom stereocenters. The highest BCUT2D eigenvalue weighted by Gasteiger charge is 2.34. The van der Waals surface area contributed by atoms with Crippen molar-refractivity contribution in [3.8, 4) is 17.5 Å². The Bertz CT molecular complexity index is 1360. The van der Waals surface area contributed by atoms with Crippen LogP contribution in [-0.2, 0) is 16.0 Å². The zero-order chi connectivity index (χ0) is 24.6. The van der Waals surface area contributed by atoms with Crippen LogP contribution in [0, 0.1) is 11.3 Å². The lowest BCUT2D eigenvalue weighted by Crippen LogP contribution is -2.21. The van der Waals surface area contributed by atoms with Gasteiger partial charge in [-0.25, -0.2) is 17.9 Å². The van der Waals surface area contributed by atoms with Crippen LogP contribution in [0.1, 0.15) is 11.3 Å². The van der Waals surface area contributed by atoms with E-state index < -0.39 is 59.8 Å². The number of amides is 1. The van der Waals surface area contributed by atoms with E-state index in [0.717, 1.165) is 6.26 Å². The van der Waals surface area contributed by atoms with Crippen LogP contribution in [0.4, 0.5) is 23.8 Å². The molecule has 0 saturated heterocycles. The van der Waals surface area contributed by atoms with Crippen LogP contribution in [0.15, 0.2) is 47.4 Å². The van der Waals surface area contributed by atoms with Crippen molar-refractivity contribution >= 4 is 45.0 Å². The van der Waals surface area contributed by atoms with Gasteiger partial charge in [-0.1, -0.05) is 41.4 Å². The van der Waals surface area contributed by atoms with Crippen molar-refractivity contribution in [3.63, 3.8) is 0 Å². The summed E-state index contributed by atoms with van der Waals surface area (Å²) in [5.74, 6) is -0.494. The lowest BCUT2D eigenvalue weighted by Gasteiger charge is -2.15. The SMILES string of the molecule is CS(=O)(=O)c1c(C#N)nn(-c2c(Cl)cc(C(F)(F)F)cc2Cl)c1NC(=O)Oc1ccccc1. The number of carbonyl (C=O) groups is 1. The molecule has 2 aromatic carbocycles. The average Bonchev–Trinajstić information content (AvgIpc) is 3.05. The molecule has 1 N–H and O–H groups in total. The summed E-state index contributed by atoms with van der Waals surface area (Å²) in [7, 11) is -4.18. The molecule has 1 aromatic heterocycles. The summed E-state index contributed by atoms with van der Waals surface area (Å²) >= 11 is 12.0. The number of alkyl halides is 3. The molecule has 8 nitrogen and oxygen atoms in total. The fourth-order valence-electron chi connectivity index (χ4n) is 2.75. The van der Waals surface area contributed by atoms with Gasteiger partial charge in [0.2, 0.25) is 0 Å². The summed E-state index contributed by atoms with van der Waals surface area (Å²) in [6.45, 7) is 0. The van der Waals surface area contributed by atoms with Gasteiger partial charge >= 0.3 is 12.3 Å². The van der Waals surface area contributed by atoms with Gasteiger partial charge in [0.15, 0.2) is 21.3 Å². The lowest BCUT2D eigenvalue weighted by molar-refractivity contribution is -0.137. The average molecular weight is 519 g/mol. The first kappa shape index (κ1) is 24.4. The first-order valence-electron chi connectivity index (χ1n) is 8.66. The van der Waals surface area contributed by atoms with Gasteiger partial charge in [-0.05, 0) is 24.3 Å². The maximum Gasteiger partial charge on any atom is 0.418 e. The fraction of sp³-hybridized carbons (Fsp3) is 0.105. The number of hydrogen-bond donors (Lipinski definition) is 1. The van der Waals surface area contributed by atoms with E-state index in [4.69, 9.17) is 27.9 Å². The van der Waals surface area contributed by atoms with Gasteiger partial charge < -0.3 is 4.74 Å². The zero-order valence-electron chi connectivity index (χ0n) is 16.3. The Hall–Kier alpha value is -3.27. The van der Waals surface area contributed by atoms with Crippen molar-refractivity contribution < 1.29 is 31.1 Å². The summed E-state index contributed by atoms with van der Waals surface area (Å²) in [5.41, 5.74) is -2.22. The second-order valence-corrected chi connectivity index (χ2v) is 9.20. The Labute approximate surface area is 195 Å². The number of carbonyl (C=O) groups excluding carboxylic acids is 1. The number of halogens is 5. The number of hydrogen-bond acceptors (Lipinski definition) is 6. The molecule has 1 heterocycles. The van der Waals surface area contributed by atoms with E-state index in [9.17, 15) is 31.6 Å². The van der Waals surface area contributed by atoms with E-state index in [2.05, 4.69) is 10.4 Å². The van der Waals surface area contributed by atoms with Crippen LogP contribution in [0.2, 0.25) is 10.0 Å².